The Labute approximate surface area is 323 Å². The molecule has 0 unspecified atom stereocenters. The molecule has 0 amide bonds. The van der Waals surface area contributed by atoms with Gasteiger partial charge >= 0.3 is 12.1 Å². The van der Waals surface area contributed by atoms with E-state index in [9.17, 15) is 14.7 Å². The van der Waals surface area contributed by atoms with Gasteiger partial charge in [0.15, 0.2) is 0 Å². The number of aliphatic hydroxyl groups excluding tert-OH is 1. The molecule has 7 nitrogen and oxygen atoms in total. The topological polar surface area (TPSA) is 85.3 Å². The van der Waals surface area contributed by atoms with Crippen LogP contribution in [0.2, 0.25) is 0 Å². The number of carbonyl (C=O) groups is 2. The Hall–Kier alpha value is -1.34. The van der Waals surface area contributed by atoms with E-state index in [1.807, 2.05) is 0 Å². The molecule has 0 bridgehead atoms. The van der Waals surface area contributed by atoms with Crippen molar-refractivity contribution in [2.45, 2.75) is 221 Å². The molecule has 7 heteroatoms. The molecule has 0 heterocycles. The average molecular weight is 740 g/mol. The number of esters is 1. The molecule has 0 rings (SSSR count). The fraction of sp³-hybridized carbons (Fsp3) is 0.956. The summed E-state index contributed by atoms with van der Waals surface area (Å²) in [5, 5.41) is 9.58. The maximum Gasteiger partial charge on any atom is 0.508 e. The van der Waals surface area contributed by atoms with Crippen LogP contribution in [-0.4, -0.2) is 68.2 Å². The minimum Gasteiger partial charge on any atom is -0.465 e. The van der Waals surface area contributed by atoms with E-state index in [1.165, 1.54) is 103 Å². The van der Waals surface area contributed by atoms with Gasteiger partial charge in [0, 0.05) is 13.0 Å². The van der Waals surface area contributed by atoms with Crippen LogP contribution in [0.15, 0.2) is 0 Å². The van der Waals surface area contributed by atoms with Gasteiger partial charge in [-0.1, -0.05) is 169 Å². The fourth-order valence-electron chi connectivity index (χ4n) is 7.04. The van der Waals surface area contributed by atoms with E-state index in [-0.39, 0.29) is 18.0 Å². The molecule has 0 saturated heterocycles. The molecule has 310 valence electrons. The maximum absolute atomic E-state index is 12.9. The molecule has 0 spiro atoms. The van der Waals surface area contributed by atoms with Gasteiger partial charge in [0.05, 0.1) is 26.4 Å². The Kier molecular flexibility index (Phi) is 37.0. The summed E-state index contributed by atoms with van der Waals surface area (Å²) >= 11 is 0. The lowest BCUT2D eigenvalue weighted by atomic mass is 9.87. The van der Waals surface area contributed by atoms with Crippen molar-refractivity contribution >= 4 is 12.1 Å². The van der Waals surface area contributed by atoms with Crippen LogP contribution in [-0.2, 0) is 19.0 Å². The third-order valence-electron chi connectivity index (χ3n) is 10.6. The van der Waals surface area contributed by atoms with E-state index in [0.717, 1.165) is 90.1 Å². The van der Waals surface area contributed by atoms with Gasteiger partial charge in [-0.2, -0.15) is 0 Å². The van der Waals surface area contributed by atoms with Crippen LogP contribution in [0.4, 0.5) is 4.79 Å². The molecule has 0 aromatic carbocycles. The van der Waals surface area contributed by atoms with Crippen molar-refractivity contribution in [1.82, 2.24) is 4.90 Å². The Balaban J connectivity index is 4.07. The van der Waals surface area contributed by atoms with Crippen LogP contribution in [0.5, 0.6) is 0 Å². The van der Waals surface area contributed by atoms with Crippen LogP contribution in [0.3, 0.4) is 0 Å². The highest BCUT2D eigenvalue weighted by Crippen LogP contribution is 2.26. The second-order valence-electron chi connectivity index (χ2n) is 16.5. The molecule has 0 aliphatic heterocycles. The van der Waals surface area contributed by atoms with Gasteiger partial charge in [-0.25, -0.2) is 4.79 Å². The largest absolute Gasteiger partial charge is 0.508 e. The normalized spacial score (nSPS) is 11.8. The predicted molar refractivity (Wildman–Crippen MR) is 220 cm³/mol. The van der Waals surface area contributed by atoms with Crippen molar-refractivity contribution in [2.75, 3.05) is 46.1 Å². The Morgan fingerprint density at radius 3 is 1.44 bits per heavy atom. The number of nitrogens with zero attached hydrogens (tertiary/aromatic N) is 1. The van der Waals surface area contributed by atoms with Crippen LogP contribution in [0, 0.1) is 11.3 Å². The Morgan fingerprint density at radius 1 is 0.538 bits per heavy atom. The summed E-state index contributed by atoms with van der Waals surface area (Å²) in [6.07, 6.45) is 33.5. The number of carbonyl (C=O) groups excluding carboxylic acids is 2. The molecule has 0 saturated carbocycles. The van der Waals surface area contributed by atoms with Gasteiger partial charge in [0.2, 0.25) is 0 Å². The molecule has 1 N–H and O–H groups in total. The first kappa shape index (κ1) is 50.7. The highest BCUT2D eigenvalue weighted by atomic mass is 16.7. The Morgan fingerprint density at radius 2 is 0.962 bits per heavy atom. The van der Waals surface area contributed by atoms with Crippen molar-refractivity contribution in [1.29, 1.82) is 0 Å². The van der Waals surface area contributed by atoms with E-state index < -0.39 is 6.16 Å². The molecule has 0 aliphatic carbocycles. The van der Waals surface area contributed by atoms with Gasteiger partial charge in [0.1, 0.15) is 0 Å². The van der Waals surface area contributed by atoms with E-state index in [4.69, 9.17) is 14.2 Å². The van der Waals surface area contributed by atoms with Crippen LogP contribution in [0.25, 0.3) is 0 Å². The SMILES string of the molecule is CCCCCCCCCCOC(=O)OCCCCCCN(CCO)CCCCCC(C)(C)COC(=O)CC(CCCCCCC)CCCCCCC. The molecular weight excluding hydrogens is 650 g/mol. The molecular formula is C45H89NO6. The average Bonchev–Trinajstić information content (AvgIpc) is 3.12. The van der Waals surface area contributed by atoms with E-state index in [0.29, 0.717) is 38.7 Å². The molecule has 0 radical (unpaired) electrons. The first-order valence-electron chi connectivity index (χ1n) is 22.6. The van der Waals surface area contributed by atoms with Crippen LogP contribution >= 0.6 is 0 Å². The van der Waals surface area contributed by atoms with Crippen molar-refractivity contribution in [3.63, 3.8) is 0 Å². The van der Waals surface area contributed by atoms with E-state index in [2.05, 4.69) is 39.5 Å². The summed E-state index contributed by atoms with van der Waals surface area (Å²) < 4.78 is 16.3. The zero-order valence-corrected chi connectivity index (χ0v) is 35.5. The van der Waals surface area contributed by atoms with Crippen molar-refractivity contribution in [3.8, 4) is 0 Å². The lowest BCUT2D eigenvalue weighted by Gasteiger charge is -2.25. The number of rotatable bonds is 40. The van der Waals surface area contributed by atoms with Crippen LogP contribution in [0.1, 0.15) is 221 Å². The van der Waals surface area contributed by atoms with Crippen LogP contribution < -0.4 is 0 Å². The summed E-state index contributed by atoms with van der Waals surface area (Å²) in [5.41, 5.74) is -0.00998. The molecule has 0 fully saturated rings. The summed E-state index contributed by atoms with van der Waals surface area (Å²) in [7, 11) is 0. The number of ether oxygens (including phenoxy) is 3. The minimum atomic E-state index is -0.530. The molecule has 0 aromatic rings. The lowest BCUT2D eigenvalue weighted by molar-refractivity contribution is -0.148. The zero-order valence-electron chi connectivity index (χ0n) is 35.5. The summed E-state index contributed by atoms with van der Waals surface area (Å²) in [6.45, 7) is 15.5. The summed E-state index contributed by atoms with van der Waals surface area (Å²) in [6, 6.07) is 0. The first-order chi connectivity index (χ1) is 25.3. The summed E-state index contributed by atoms with van der Waals surface area (Å²) in [5.74, 6) is 0.471. The Bertz CT molecular complexity index is 761. The first-order valence-corrected chi connectivity index (χ1v) is 22.6. The molecule has 0 aliphatic rings. The monoisotopic (exact) mass is 740 g/mol. The van der Waals surface area contributed by atoms with Gasteiger partial charge in [-0.05, 0) is 69.4 Å². The smallest absolute Gasteiger partial charge is 0.465 e. The number of hydrogen-bond donors (Lipinski definition) is 1. The fourth-order valence-corrected chi connectivity index (χ4v) is 7.04. The third kappa shape index (κ3) is 35.7. The van der Waals surface area contributed by atoms with Crippen molar-refractivity contribution in [2.24, 2.45) is 11.3 Å². The van der Waals surface area contributed by atoms with Crippen molar-refractivity contribution in [3.05, 3.63) is 0 Å². The number of unbranched alkanes of at least 4 members (excludes halogenated alkanes) is 20. The second kappa shape index (κ2) is 38.0. The molecule has 52 heavy (non-hydrogen) atoms. The molecule has 0 aromatic heterocycles. The van der Waals surface area contributed by atoms with E-state index >= 15 is 0 Å². The lowest BCUT2D eigenvalue weighted by Crippen LogP contribution is -2.29. The highest BCUT2D eigenvalue weighted by molar-refractivity contribution is 5.69. The standard InChI is InChI=1S/C45H89NO6/c1-6-9-12-15-16-17-21-29-38-50-44(49)51-39-30-22-20-27-34-46(36-37-47)35-28-23-26-33-45(4,5)41-52-43(48)40-42(31-24-18-13-10-7-2)32-25-19-14-11-8-3/h42,47H,6-41H2,1-5H3. The quantitative estimate of drug-likeness (QED) is 0.0494. The molecule has 0 atom stereocenters. The van der Waals surface area contributed by atoms with Gasteiger partial charge in [-0.3, -0.25) is 4.79 Å². The second-order valence-corrected chi connectivity index (χ2v) is 16.5. The maximum atomic E-state index is 12.9. The van der Waals surface area contributed by atoms with Gasteiger partial charge in [0.25, 0.3) is 0 Å². The third-order valence-corrected chi connectivity index (χ3v) is 10.6. The number of aliphatic hydroxyl groups is 1. The number of hydrogen-bond acceptors (Lipinski definition) is 7. The highest BCUT2D eigenvalue weighted by Gasteiger charge is 2.22. The summed E-state index contributed by atoms with van der Waals surface area (Å²) in [4.78, 5) is 27.1. The van der Waals surface area contributed by atoms with E-state index in [1.54, 1.807) is 0 Å². The van der Waals surface area contributed by atoms with Gasteiger partial charge in [-0.15, -0.1) is 0 Å². The zero-order chi connectivity index (χ0) is 38.4. The predicted octanol–water partition coefficient (Wildman–Crippen LogP) is 13.0. The minimum absolute atomic E-state index is 0.000729. The van der Waals surface area contributed by atoms with Gasteiger partial charge < -0.3 is 24.2 Å². The van der Waals surface area contributed by atoms with Crippen molar-refractivity contribution < 1.29 is 28.9 Å².